The maximum Gasteiger partial charge on any atom is 0.209 e. The van der Waals surface area contributed by atoms with Crippen LogP contribution in [0.1, 0.15) is 17.5 Å². The van der Waals surface area contributed by atoms with Crippen molar-refractivity contribution in [1.82, 2.24) is 39.8 Å². The summed E-state index contributed by atoms with van der Waals surface area (Å²) < 4.78 is 40.1. The second-order valence-electron chi connectivity index (χ2n) is 10.6. The molecule has 212 valence electrons. The van der Waals surface area contributed by atoms with Crippen LogP contribution in [0.2, 0.25) is 0 Å². The van der Waals surface area contributed by atoms with E-state index in [1.165, 1.54) is 18.6 Å². The lowest BCUT2D eigenvalue weighted by Crippen LogP contribution is -2.36. The van der Waals surface area contributed by atoms with Crippen LogP contribution >= 0.6 is 0 Å². The second kappa shape index (κ2) is 10.4. The molecule has 1 aliphatic heterocycles. The molecule has 5 heterocycles. The molecule has 12 heteroatoms. The van der Waals surface area contributed by atoms with Gasteiger partial charge in [-0.25, -0.2) is 27.5 Å². The first-order valence-corrected chi connectivity index (χ1v) is 15.4. The molecule has 0 radical (unpaired) electrons. The molecule has 1 fully saturated rings. The highest BCUT2D eigenvalue weighted by molar-refractivity contribution is 7.88. The fourth-order valence-corrected chi connectivity index (χ4v) is 5.70. The topological polar surface area (TPSA) is 133 Å². The SMILES string of the molecule is CS(=O)(=O)NCc1cc(F)cc(-c2cccc3[nH]c(-c4[nH]nc5ncc(-c6cncc(CN7CCC7)c6)cc45)nc23)c1. The molecule has 1 saturated heterocycles. The number of rotatable bonds is 8. The van der Waals surface area contributed by atoms with Crippen molar-refractivity contribution in [1.29, 1.82) is 0 Å². The summed E-state index contributed by atoms with van der Waals surface area (Å²) in [5, 5.41) is 8.28. The predicted octanol–water partition coefficient (Wildman–Crippen LogP) is 4.62. The van der Waals surface area contributed by atoms with Gasteiger partial charge in [0, 0.05) is 48.4 Å². The van der Waals surface area contributed by atoms with E-state index in [4.69, 9.17) is 4.98 Å². The van der Waals surface area contributed by atoms with Gasteiger partial charge >= 0.3 is 0 Å². The fourth-order valence-electron chi connectivity index (χ4n) is 5.27. The Morgan fingerprint density at radius 2 is 1.83 bits per heavy atom. The van der Waals surface area contributed by atoms with Crippen LogP contribution in [0, 0.1) is 5.82 Å². The summed E-state index contributed by atoms with van der Waals surface area (Å²) in [6.45, 7) is 3.11. The Hall–Kier alpha value is -4.52. The first kappa shape index (κ1) is 26.4. The number of aromatic amines is 2. The Morgan fingerprint density at radius 1 is 1.00 bits per heavy atom. The number of aromatic nitrogens is 6. The van der Waals surface area contributed by atoms with E-state index in [9.17, 15) is 12.8 Å². The van der Waals surface area contributed by atoms with Crippen molar-refractivity contribution in [3.63, 3.8) is 0 Å². The lowest BCUT2D eigenvalue weighted by Gasteiger charge is -2.30. The van der Waals surface area contributed by atoms with Crippen LogP contribution in [-0.4, -0.2) is 62.8 Å². The van der Waals surface area contributed by atoms with Gasteiger partial charge in [0.25, 0.3) is 0 Å². The molecule has 6 aromatic rings. The van der Waals surface area contributed by atoms with Gasteiger partial charge in [-0.15, -0.1) is 0 Å². The Balaban J connectivity index is 1.25. The molecule has 0 saturated carbocycles. The van der Waals surface area contributed by atoms with Gasteiger partial charge < -0.3 is 4.98 Å². The minimum absolute atomic E-state index is 0.0163. The average molecular weight is 583 g/mol. The average Bonchev–Trinajstić information content (AvgIpc) is 3.57. The summed E-state index contributed by atoms with van der Waals surface area (Å²) >= 11 is 0. The minimum atomic E-state index is -3.42. The molecular weight excluding hydrogens is 555 g/mol. The maximum atomic E-state index is 14.6. The number of nitrogens with one attached hydrogen (secondary N) is 3. The maximum absolute atomic E-state index is 14.6. The van der Waals surface area contributed by atoms with Crippen molar-refractivity contribution in [2.45, 2.75) is 19.5 Å². The van der Waals surface area contributed by atoms with E-state index in [1.54, 1.807) is 12.3 Å². The largest absolute Gasteiger partial charge is 0.337 e. The van der Waals surface area contributed by atoms with Crippen molar-refractivity contribution >= 4 is 32.1 Å². The van der Waals surface area contributed by atoms with Crippen LogP contribution in [0.3, 0.4) is 0 Å². The predicted molar refractivity (Wildman–Crippen MR) is 159 cm³/mol. The number of pyridine rings is 2. The highest BCUT2D eigenvalue weighted by atomic mass is 32.2. The van der Waals surface area contributed by atoms with E-state index >= 15 is 0 Å². The first-order chi connectivity index (χ1) is 20.3. The highest BCUT2D eigenvalue weighted by Gasteiger charge is 2.18. The number of halogens is 1. The molecule has 2 aromatic carbocycles. The van der Waals surface area contributed by atoms with Crippen molar-refractivity contribution in [3.8, 4) is 33.8 Å². The first-order valence-electron chi connectivity index (χ1n) is 13.5. The molecule has 0 unspecified atom stereocenters. The molecular formula is C30H27FN8O2S. The minimum Gasteiger partial charge on any atom is -0.337 e. The lowest BCUT2D eigenvalue weighted by molar-refractivity contribution is 0.172. The Labute approximate surface area is 241 Å². The third kappa shape index (κ3) is 5.27. The Kier molecular flexibility index (Phi) is 6.53. The highest BCUT2D eigenvalue weighted by Crippen LogP contribution is 2.33. The van der Waals surface area contributed by atoms with Gasteiger partial charge in [0.05, 0.1) is 22.7 Å². The third-order valence-electron chi connectivity index (χ3n) is 7.45. The van der Waals surface area contributed by atoms with Crippen molar-refractivity contribution in [2.24, 2.45) is 0 Å². The zero-order valence-corrected chi connectivity index (χ0v) is 23.5. The monoisotopic (exact) mass is 582 g/mol. The van der Waals surface area contributed by atoms with Crippen LogP contribution in [0.25, 0.3) is 55.8 Å². The molecule has 3 N–H and O–H groups in total. The van der Waals surface area contributed by atoms with E-state index in [-0.39, 0.29) is 6.54 Å². The molecule has 1 aliphatic rings. The number of benzene rings is 2. The number of sulfonamides is 1. The van der Waals surface area contributed by atoms with E-state index in [0.717, 1.165) is 53.5 Å². The number of hydrogen-bond donors (Lipinski definition) is 3. The van der Waals surface area contributed by atoms with Crippen LogP contribution in [0.4, 0.5) is 4.39 Å². The molecule has 0 aliphatic carbocycles. The van der Waals surface area contributed by atoms with E-state index in [2.05, 4.69) is 40.8 Å². The second-order valence-corrected chi connectivity index (χ2v) is 12.5. The number of fused-ring (bicyclic) bond motifs is 2. The fraction of sp³-hybridized carbons (Fsp3) is 0.200. The number of imidazole rings is 1. The summed E-state index contributed by atoms with van der Waals surface area (Å²) in [4.78, 5) is 19.7. The normalized spacial score (nSPS) is 14.0. The molecule has 10 nitrogen and oxygen atoms in total. The Bertz CT molecular complexity index is 2070. The van der Waals surface area contributed by atoms with Crippen LogP contribution in [0.15, 0.2) is 67.1 Å². The quantitative estimate of drug-likeness (QED) is 0.238. The van der Waals surface area contributed by atoms with Crippen LogP contribution in [0.5, 0.6) is 0 Å². The van der Waals surface area contributed by atoms with Gasteiger partial charge in [-0.2, -0.15) is 5.10 Å². The molecule has 0 atom stereocenters. The van der Waals surface area contributed by atoms with Crippen molar-refractivity contribution in [2.75, 3.05) is 19.3 Å². The van der Waals surface area contributed by atoms with Gasteiger partial charge in [0.2, 0.25) is 10.0 Å². The summed E-state index contributed by atoms with van der Waals surface area (Å²) in [6, 6.07) is 14.3. The molecule has 0 amide bonds. The number of H-pyrrole nitrogens is 2. The van der Waals surface area contributed by atoms with Crippen molar-refractivity contribution < 1.29 is 12.8 Å². The van der Waals surface area contributed by atoms with Gasteiger partial charge in [0.15, 0.2) is 11.5 Å². The summed E-state index contributed by atoms with van der Waals surface area (Å²) in [5.74, 6) is 0.103. The van der Waals surface area contributed by atoms with Crippen LogP contribution < -0.4 is 4.72 Å². The number of likely N-dealkylation sites (tertiary alicyclic amines) is 1. The smallest absolute Gasteiger partial charge is 0.209 e. The van der Waals surface area contributed by atoms with Gasteiger partial charge in [-0.3, -0.25) is 15.0 Å². The zero-order valence-electron chi connectivity index (χ0n) is 22.7. The summed E-state index contributed by atoms with van der Waals surface area (Å²) in [6.07, 6.45) is 7.86. The number of para-hydroxylation sites is 1. The molecule has 0 bridgehead atoms. The summed E-state index contributed by atoms with van der Waals surface area (Å²) in [5.41, 5.74) is 7.53. The lowest BCUT2D eigenvalue weighted by atomic mass is 10.0. The zero-order chi connectivity index (χ0) is 28.8. The van der Waals surface area contributed by atoms with Crippen LogP contribution in [-0.2, 0) is 23.1 Å². The van der Waals surface area contributed by atoms with E-state index < -0.39 is 15.8 Å². The number of hydrogen-bond acceptors (Lipinski definition) is 7. The molecule has 7 rings (SSSR count). The van der Waals surface area contributed by atoms with Gasteiger partial charge in [0.1, 0.15) is 11.5 Å². The standard InChI is InChI=1S/C30H27FN8O2S/c1-42(40,41)34-14-18-8-20(11-23(31)10-18)24-4-2-5-26-27(24)36-30(35-26)28-25-12-22(16-33-29(25)38-37-28)21-9-19(13-32-15-21)17-39-6-3-7-39/h2,4-5,8-13,15-16,34H,3,6-7,14,17H2,1H3,(H,35,36)(H,33,37,38). The Morgan fingerprint density at radius 3 is 2.64 bits per heavy atom. The van der Waals surface area contributed by atoms with Crippen molar-refractivity contribution in [3.05, 3.63) is 84.1 Å². The molecule has 4 aromatic heterocycles. The number of nitrogens with zero attached hydrogens (tertiary/aromatic N) is 5. The summed E-state index contributed by atoms with van der Waals surface area (Å²) in [7, 11) is -3.42. The van der Waals surface area contributed by atoms with Gasteiger partial charge in [-0.1, -0.05) is 12.1 Å². The van der Waals surface area contributed by atoms with E-state index in [1.807, 2.05) is 36.7 Å². The van der Waals surface area contributed by atoms with E-state index in [0.29, 0.717) is 39.4 Å². The third-order valence-corrected chi connectivity index (χ3v) is 8.12. The molecule has 0 spiro atoms. The molecule has 42 heavy (non-hydrogen) atoms. The van der Waals surface area contributed by atoms with Gasteiger partial charge in [-0.05, 0) is 72.6 Å².